The molecule has 0 aliphatic rings. The minimum Gasteiger partial charge on any atom is -0.484 e. The number of thiophene rings is 1. The van der Waals surface area contributed by atoms with Crippen LogP contribution in [0.25, 0.3) is 0 Å². The van der Waals surface area contributed by atoms with Crippen LogP contribution in [0, 0.1) is 18.3 Å². The van der Waals surface area contributed by atoms with Gasteiger partial charge in [-0.25, -0.2) is 4.79 Å². The first kappa shape index (κ1) is 20.5. The third kappa shape index (κ3) is 4.86. The molecule has 2 aromatic rings. The molecule has 142 valence electrons. The Kier molecular flexibility index (Phi) is 6.97. The Balaban J connectivity index is 2.02. The van der Waals surface area contributed by atoms with Crippen LogP contribution in [-0.2, 0) is 9.53 Å². The van der Waals surface area contributed by atoms with E-state index in [0.717, 1.165) is 17.8 Å². The molecule has 7 heteroatoms. The normalized spacial score (nSPS) is 11.4. The van der Waals surface area contributed by atoms with Crippen molar-refractivity contribution < 1.29 is 19.1 Å². The topological polar surface area (TPSA) is 88.4 Å². The van der Waals surface area contributed by atoms with E-state index in [1.54, 1.807) is 6.92 Å². The van der Waals surface area contributed by atoms with E-state index in [0.29, 0.717) is 27.1 Å². The second-order valence-electron chi connectivity index (χ2n) is 6.08. The molecule has 0 unspecified atom stereocenters. The Labute approximate surface area is 162 Å². The number of amides is 1. The fourth-order valence-corrected chi connectivity index (χ4v) is 3.56. The molecule has 2 rings (SSSR count). The predicted molar refractivity (Wildman–Crippen MR) is 104 cm³/mol. The van der Waals surface area contributed by atoms with E-state index in [1.165, 1.54) is 12.7 Å². The van der Waals surface area contributed by atoms with E-state index in [9.17, 15) is 14.9 Å². The van der Waals surface area contributed by atoms with Crippen LogP contribution >= 0.6 is 11.3 Å². The highest BCUT2D eigenvalue weighted by molar-refractivity contribution is 7.18. The highest BCUT2D eigenvalue weighted by Gasteiger charge is 2.21. The first-order chi connectivity index (χ1) is 12.9. The van der Waals surface area contributed by atoms with Gasteiger partial charge in [-0.1, -0.05) is 26.0 Å². The summed E-state index contributed by atoms with van der Waals surface area (Å²) >= 11 is 1.02. The van der Waals surface area contributed by atoms with Crippen molar-refractivity contribution in [3.8, 4) is 11.8 Å². The number of esters is 1. The van der Waals surface area contributed by atoms with Crippen LogP contribution in [-0.4, -0.2) is 25.6 Å². The van der Waals surface area contributed by atoms with E-state index in [1.807, 2.05) is 30.3 Å². The van der Waals surface area contributed by atoms with E-state index >= 15 is 0 Å². The number of nitriles is 1. The molecule has 1 atom stereocenters. The van der Waals surface area contributed by atoms with Crippen molar-refractivity contribution in [3.63, 3.8) is 0 Å². The van der Waals surface area contributed by atoms with Crippen LogP contribution in [0.3, 0.4) is 0 Å². The van der Waals surface area contributed by atoms with E-state index in [2.05, 4.69) is 19.2 Å². The van der Waals surface area contributed by atoms with Gasteiger partial charge in [0.1, 0.15) is 21.7 Å². The molecule has 6 nitrogen and oxygen atoms in total. The van der Waals surface area contributed by atoms with Gasteiger partial charge in [0.2, 0.25) is 0 Å². The number of carbonyl (C=O) groups excluding carboxylic acids is 2. The largest absolute Gasteiger partial charge is 0.484 e. The number of rotatable bonds is 7. The Hall–Kier alpha value is -2.85. The molecule has 0 aliphatic carbocycles. The molecule has 1 N–H and O–H groups in total. The number of anilines is 1. The van der Waals surface area contributed by atoms with Crippen molar-refractivity contribution in [3.05, 3.63) is 45.8 Å². The molecule has 0 fully saturated rings. The lowest BCUT2D eigenvalue weighted by Gasteiger charge is -2.10. The molecule has 0 saturated carbocycles. The first-order valence-electron chi connectivity index (χ1n) is 8.55. The summed E-state index contributed by atoms with van der Waals surface area (Å²) in [5.74, 6) is 0.121. The monoisotopic (exact) mass is 386 g/mol. The van der Waals surface area contributed by atoms with Crippen molar-refractivity contribution in [2.75, 3.05) is 19.0 Å². The van der Waals surface area contributed by atoms with E-state index in [-0.39, 0.29) is 12.2 Å². The van der Waals surface area contributed by atoms with Gasteiger partial charge in [0, 0.05) is 0 Å². The molecule has 0 bridgehead atoms. The van der Waals surface area contributed by atoms with Crippen LogP contribution in [0.2, 0.25) is 0 Å². The number of nitrogens with one attached hydrogen (secondary N) is 1. The van der Waals surface area contributed by atoms with Crippen LogP contribution in [0.4, 0.5) is 5.00 Å². The molecule has 0 spiro atoms. The van der Waals surface area contributed by atoms with Crippen molar-refractivity contribution in [2.24, 2.45) is 0 Å². The van der Waals surface area contributed by atoms with Crippen molar-refractivity contribution in [1.82, 2.24) is 0 Å². The maximum absolute atomic E-state index is 12.2. The molecular formula is C20H22N2O4S. The third-order valence-corrected chi connectivity index (χ3v) is 5.50. The minimum atomic E-state index is -0.535. The number of carbonyl (C=O) groups is 2. The van der Waals surface area contributed by atoms with Crippen LogP contribution in [0.15, 0.2) is 24.3 Å². The van der Waals surface area contributed by atoms with Gasteiger partial charge in [0.05, 0.1) is 12.7 Å². The fraction of sp³-hybridized carbons (Fsp3) is 0.350. The van der Waals surface area contributed by atoms with Gasteiger partial charge in [-0.2, -0.15) is 5.26 Å². The molecule has 1 aromatic carbocycles. The summed E-state index contributed by atoms with van der Waals surface area (Å²) in [7, 11) is 1.27. The second kappa shape index (κ2) is 9.19. The zero-order valence-corrected chi connectivity index (χ0v) is 16.6. The smallest absolute Gasteiger partial charge is 0.348 e. The summed E-state index contributed by atoms with van der Waals surface area (Å²) in [6.45, 7) is 5.73. The molecule has 1 heterocycles. The fourth-order valence-electron chi connectivity index (χ4n) is 2.46. The van der Waals surface area contributed by atoms with Gasteiger partial charge < -0.3 is 14.8 Å². The Morgan fingerprint density at radius 3 is 2.52 bits per heavy atom. The van der Waals surface area contributed by atoms with Crippen LogP contribution < -0.4 is 10.1 Å². The Morgan fingerprint density at radius 2 is 1.96 bits per heavy atom. The number of nitrogens with zero attached hydrogens (tertiary/aromatic N) is 1. The van der Waals surface area contributed by atoms with Crippen LogP contribution in [0.1, 0.15) is 52.5 Å². The lowest BCUT2D eigenvalue weighted by atomic mass is 9.99. The number of benzene rings is 1. The molecular weight excluding hydrogens is 364 g/mol. The maximum atomic E-state index is 12.2. The molecule has 27 heavy (non-hydrogen) atoms. The van der Waals surface area contributed by atoms with Crippen molar-refractivity contribution in [1.29, 1.82) is 5.26 Å². The summed E-state index contributed by atoms with van der Waals surface area (Å²) < 4.78 is 10.2. The summed E-state index contributed by atoms with van der Waals surface area (Å²) in [5.41, 5.74) is 1.97. The number of hydrogen-bond donors (Lipinski definition) is 1. The number of ether oxygens (including phenoxy) is 2. The molecule has 0 radical (unpaired) electrons. The predicted octanol–water partition coefficient (Wildman–Crippen LogP) is 4.25. The average molecular weight is 386 g/mol. The van der Waals surface area contributed by atoms with E-state index < -0.39 is 11.9 Å². The lowest BCUT2D eigenvalue weighted by molar-refractivity contribution is -0.118. The molecule has 0 saturated heterocycles. The summed E-state index contributed by atoms with van der Waals surface area (Å²) in [6, 6.07) is 9.65. The van der Waals surface area contributed by atoms with Crippen LogP contribution in [0.5, 0.6) is 5.75 Å². The molecule has 0 aliphatic heterocycles. The van der Waals surface area contributed by atoms with Gasteiger partial charge in [-0.05, 0) is 42.5 Å². The van der Waals surface area contributed by atoms with Gasteiger partial charge in [-0.15, -0.1) is 11.3 Å². The summed E-state index contributed by atoms with van der Waals surface area (Å²) in [5, 5.41) is 12.3. The first-order valence-corrected chi connectivity index (χ1v) is 9.37. The summed E-state index contributed by atoms with van der Waals surface area (Å²) in [6.07, 6.45) is 1.05. The van der Waals surface area contributed by atoms with Gasteiger partial charge >= 0.3 is 5.97 Å². The Bertz CT molecular complexity index is 865. The number of hydrogen-bond acceptors (Lipinski definition) is 6. The van der Waals surface area contributed by atoms with Gasteiger partial charge in [0.25, 0.3) is 5.91 Å². The highest BCUT2D eigenvalue weighted by Crippen LogP contribution is 2.33. The van der Waals surface area contributed by atoms with Crippen molar-refractivity contribution >= 4 is 28.2 Å². The van der Waals surface area contributed by atoms with Gasteiger partial charge in [0.15, 0.2) is 6.61 Å². The SMILES string of the molecule is CC[C@@H](C)c1ccc(OCC(=O)Nc2sc(C(=O)OC)c(C)c2C#N)cc1. The maximum Gasteiger partial charge on any atom is 0.348 e. The second-order valence-corrected chi connectivity index (χ2v) is 7.10. The highest BCUT2D eigenvalue weighted by atomic mass is 32.1. The third-order valence-electron chi connectivity index (χ3n) is 4.31. The zero-order valence-electron chi connectivity index (χ0n) is 15.8. The molecule has 1 aromatic heterocycles. The van der Waals surface area contributed by atoms with E-state index in [4.69, 9.17) is 9.47 Å². The standard InChI is InChI=1S/C20H22N2O4S/c1-5-12(2)14-6-8-15(9-7-14)26-11-17(23)22-19-16(10-21)13(3)18(27-19)20(24)25-4/h6-9,12H,5,11H2,1-4H3,(H,22,23)/t12-/m1/s1. The summed E-state index contributed by atoms with van der Waals surface area (Å²) in [4.78, 5) is 24.2. The lowest BCUT2D eigenvalue weighted by Crippen LogP contribution is -2.20. The average Bonchev–Trinajstić information content (AvgIpc) is 3.00. The zero-order chi connectivity index (χ0) is 20.0. The minimum absolute atomic E-state index is 0.196. The van der Waals surface area contributed by atoms with Gasteiger partial charge in [-0.3, -0.25) is 4.79 Å². The molecule has 1 amide bonds. The Morgan fingerprint density at radius 1 is 1.30 bits per heavy atom. The van der Waals surface area contributed by atoms with Crippen molar-refractivity contribution in [2.45, 2.75) is 33.1 Å². The number of methoxy groups -OCH3 is 1. The quantitative estimate of drug-likeness (QED) is 0.719.